The van der Waals surface area contributed by atoms with Gasteiger partial charge in [-0.05, 0) is 24.7 Å². The van der Waals surface area contributed by atoms with E-state index in [1.807, 2.05) is 0 Å². The molecule has 2 aliphatic rings. The van der Waals surface area contributed by atoms with Gasteiger partial charge in [0.2, 0.25) is 0 Å². The van der Waals surface area contributed by atoms with E-state index in [2.05, 4.69) is 23.6 Å². The smallest absolute Gasteiger partial charge is 0.0580 e. The van der Waals surface area contributed by atoms with Crippen molar-refractivity contribution < 1.29 is 5.11 Å². The van der Waals surface area contributed by atoms with E-state index in [9.17, 15) is 5.11 Å². The lowest BCUT2D eigenvalue weighted by Gasteiger charge is -2.37. The van der Waals surface area contributed by atoms with E-state index in [4.69, 9.17) is 0 Å². The average Bonchev–Trinajstić information content (AvgIpc) is 2.67. The first-order chi connectivity index (χ1) is 8.15. The van der Waals surface area contributed by atoms with Crippen molar-refractivity contribution in [3.8, 4) is 0 Å². The molecule has 0 aromatic heterocycles. The van der Waals surface area contributed by atoms with E-state index in [0.29, 0.717) is 5.92 Å². The number of nitrogens with zero attached hydrogens (tertiary/aromatic N) is 2. The molecule has 3 nitrogen and oxygen atoms in total. The van der Waals surface area contributed by atoms with Crippen LogP contribution in [0.25, 0.3) is 0 Å². The molecule has 2 atom stereocenters. The Morgan fingerprint density at radius 3 is 2.24 bits per heavy atom. The zero-order chi connectivity index (χ0) is 12.3. The van der Waals surface area contributed by atoms with Gasteiger partial charge in [0.1, 0.15) is 0 Å². The van der Waals surface area contributed by atoms with Crippen LogP contribution in [0.4, 0.5) is 0 Å². The zero-order valence-electron chi connectivity index (χ0n) is 11.4. The van der Waals surface area contributed by atoms with Gasteiger partial charge in [-0.25, -0.2) is 0 Å². The van der Waals surface area contributed by atoms with E-state index in [-0.39, 0.29) is 6.10 Å². The second-order valence-electron chi connectivity index (χ2n) is 6.25. The molecule has 2 rings (SSSR count). The average molecular weight is 240 g/mol. The van der Waals surface area contributed by atoms with Gasteiger partial charge in [-0.1, -0.05) is 20.3 Å². The van der Waals surface area contributed by atoms with E-state index in [0.717, 1.165) is 18.9 Å². The summed E-state index contributed by atoms with van der Waals surface area (Å²) < 4.78 is 0. The number of aliphatic hydroxyl groups is 1. The monoisotopic (exact) mass is 240 g/mol. The largest absolute Gasteiger partial charge is 0.393 e. The Labute approximate surface area is 106 Å². The maximum atomic E-state index is 9.85. The number of aliphatic hydroxyl groups excluding tert-OH is 1. The van der Waals surface area contributed by atoms with Crippen molar-refractivity contribution in [2.24, 2.45) is 11.8 Å². The number of hydrogen-bond acceptors (Lipinski definition) is 3. The molecule has 1 heterocycles. The summed E-state index contributed by atoms with van der Waals surface area (Å²) in [4.78, 5) is 5.13. The molecule has 0 aromatic carbocycles. The highest BCUT2D eigenvalue weighted by Gasteiger charge is 2.28. The maximum absolute atomic E-state index is 9.85. The molecule has 1 aliphatic heterocycles. The van der Waals surface area contributed by atoms with Crippen LogP contribution in [0.15, 0.2) is 0 Å². The third-order valence-corrected chi connectivity index (χ3v) is 4.20. The highest BCUT2D eigenvalue weighted by molar-refractivity contribution is 4.81. The molecule has 100 valence electrons. The fourth-order valence-corrected chi connectivity index (χ4v) is 3.23. The molecule has 0 bridgehead atoms. The third kappa shape index (κ3) is 3.94. The van der Waals surface area contributed by atoms with Crippen LogP contribution in [-0.2, 0) is 0 Å². The van der Waals surface area contributed by atoms with Crippen LogP contribution in [0.5, 0.6) is 0 Å². The molecule has 2 unspecified atom stereocenters. The molecule has 17 heavy (non-hydrogen) atoms. The van der Waals surface area contributed by atoms with Crippen LogP contribution in [0.1, 0.15) is 33.1 Å². The van der Waals surface area contributed by atoms with E-state index < -0.39 is 0 Å². The van der Waals surface area contributed by atoms with Crippen molar-refractivity contribution in [1.82, 2.24) is 9.80 Å². The van der Waals surface area contributed by atoms with E-state index in [1.165, 1.54) is 45.6 Å². The van der Waals surface area contributed by atoms with Gasteiger partial charge in [0, 0.05) is 39.3 Å². The van der Waals surface area contributed by atoms with Crippen molar-refractivity contribution in [3.05, 3.63) is 0 Å². The van der Waals surface area contributed by atoms with Crippen LogP contribution in [-0.4, -0.2) is 60.3 Å². The summed E-state index contributed by atoms with van der Waals surface area (Å²) in [5, 5.41) is 9.85. The summed E-state index contributed by atoms with van der Waals surface area (Å²) in [6.45, 7) is 11.7. The van der Waals surface area contributed by atoms with Crippen molar-refractivity contribution >= 4 is 0 Å². The molecular weight excluding hydrogens is 212 g/mol. The number of rotatable bonds is 4. The fourth-order valence-electron chi connectivity index (χ4n) is 3.23. The van der Waals surface area contributed by atoms with Crippen LogP contribution < -0.4 is 0 Å². The van der Waals surface area contributed by atoms with Crippen molar-refractivity contribution in [3.63, 3.8) is 0 Å². The first-order valence-electron chi connectivity index (χ1n) is 7.28. The van der Waals surface area contributed by atoms with Crippen LogP contribution in [0, 0.1) is 11.8 Å². The Balaban J connectivity index is 1.68. The summed E-state index contributed by atoms with van der Waals surface area (Å²) in [7, 11) is 0. The van der Waals surface area contributed by atoms with Gasteiger partial charge < -0.3 is 14.9 Å². The SMILES string of the molecule is CC(C)CN1CCN(CC2CCCC2O)CC1. The molecule has 1 N–H and O–H groups in total. The minimum absolute atomic E-state index is 0.0244. The molecule has 1 aliphatic carbocycles. The first-order valence-corrected chi connectivity index (χ1v) is 7.28. The Hall–Kier alpha value is -0.120. The minimum Gasteiger partial charge on any atom is -0.393 e. The fraction of sp³-hybridized carbons (Fsp3) is 1.00. The van der Waals surface area contributed by atoms with Gasteiger partial charge in [-0.2, -0.15) is 0 Å². The van der Waals surface area contributed by atoms with Gasteiger partial charge in [0.15, 0.2) is 0 Å². The lowest BCUT2D eigenvalue weighted by atomic mass is 10.0. The summed E-state index contributed by atoms with van der Waals surface area (Å²) in [6, 6.07) is 0. The van der Waals surface area contributed by atoms with Gasteiger partial charge in [-0.15, -0.1) is 0 Å². The highest BCUT2D eigenvalue weighted by Crippen LogP contribution is 2.26. The van der Waals surface area contributed by atoms with Crippen molar-refractivity contribution in [2.75, 3.05) is 39.3 Å². The maximum Gasteiger partial charge on any atom is 0.0580 e. The first kappa shape index (κ1) is 13.3. The number of piperazine rings is 1. The molecule has 1 saturated heterocycles. The van der Waals surface area contributed by atoms with Gasteiger partial charge in [0.05, 0.1) is 6.10 Å². The Morgan fingerprint density at radius 2 is 1.71 bits per heavy atom. The topological polar surface area (TPSA) is 26.7 Å². The quantitative estimate of drug-likeness (QED) is 0.805. The summed E-state index contributed by atoms with van der Waals surface area (Å²) in [5.41, 5.74) is 0. The van der Waals surface area contributed by atoms with E-state index in [1.54, 1.807) is 0 Å². The normalized spacial score (nSPS) is 32.5. The molecule has 0 aromatic rings. The molecule has 0 spiro atoms. The molecule has 0 amide bonds. The molecule has 1 saturated carbocycles. The van der Waals surface area contributed by atoms with Gasteiger partial charge in [0.25, 0.3) is 0 Å². The third-order valence-electron chi connectivity index (χ3n) is 4.20. The predicted octanol–water partition coefficient (Wildman–Crippen LogP) is 1.42. The lowest BCUT2D eigenvalue weighted by molar-refractivity contribution is 0.0707. The van der Waals surface area contributed by atoms with Crippen LogP contribution in [0.2, 0.25) is 0 Å². The highest BCUT2D eigenvalue weighted by atomic mass is 16.3. The molecule has 2 fully saturated rings. The van der Waals surface area contributed by atoms with Crippen LogP contribution in [0.3, 0.4) is 0 Å². The summed E-state index contributed by atoms with van der Waals surface area (Å²) in [5.74, 6) is 1.32. The van der Waals surface area contributed by atoms with Crippen molar-refractivity contribution in [1.29, 1.82) is 0 Å². The minimum atomic E-state index is -0.0244. The Bertz CT molecular complexity index is 224. The summed E-state index contributed by atoms with van der Waals surface area (Å²) in [6.07, 6.45) is 3.45. The second-order valence-corrected chi connectivity index (χ2v) is 6.25. The van der Waals surface area contributed by atoms with E-state index >= 15 is 0 Å². The van der Waals surface area contributed by atoms with Crippen LogP contribution >= 0.6 is 0 Å². The van der Waals surface area contributed by atoms with Gasteiger partial charge >= 0.3 is 0 Å². The van der Waals surface area contributed by atoms with Gasteiger partial charge in [-0.3, -0.25) is 0 Å². The zero-order valence-corrected chi connectivity index (χ0v) is 11.4. The standard InChI is InChI=1S/C14H28N2O/c1-12(2)10-15-6-8-16(9-7-15)11-13-4-3-5-14(13)17/h12-14,17H,3-11H2,1-2H3. The van der Waals surface area contributed by atoms with Crippen molar-refractivity contribution in [2.45, 2.75) is 39.2 Å². The molecule has 0 radical (unpaired) electrons. The Kier molecular flexibility index (Phi) is 4.83. The second kappa shape index (κ2) is 6.17. The predicted molar refractivity (Wildman–Crippen MR) is 71.1 cm³/mol. The lowest BCUT2D eigenvalue weighted by Crippen LogP contribution is -2.49. The molecule has 3 heteroatoms. The number of hydrogen-bond donors (Lipinski definition) is 1. The Morgan fingerprint density at radius 1 is 1.06 bits per heavy atom. The summed E-state index contributed by atoms with van der Waals surface area (Å²) >= 11 is 0. The molecular formula is C14H28N2O.